The summed E-state index contributed by atoms with van der Waals surface area (Å²) in [7, 11) is 0. The van der Waals surface area contributed by atoms with E-state index in [1.807, 2.05) is 24.3 Å². The van der Waals surface area contributed by atoms with E-state index in [0.717, 1.165) is 24.2 Å². The van der Waals surface area contributed by atoms with Gasteiger partial charge in [-0.15, -0.1) is 0 Å². The second-order valence-corrected chi connectivity index (χ2v) is 5.92. The summed E-state index contributed by atoms with van der Waals surface area (Å²) >= 11 is 0. The topological polar surface area (TPSA) is 66.9 Å². The molecule has 0 aromatic carbocycles. The van der Waals surface area contributed by atoms with Crippen LogP contribution in [-0.2, 0) is 6.54 Å². The summed E-state index contributed by atoms with van der Waals surface area (Å²) in [6.07, 6.45) is 9.31. The maximum absolute atomic E-state index is 12.2. The third-order valence-corrected chi connectivity index (χ3v) is 4.14. The fraction of sp³-hybridized carbons (Fsp3) is 0.389. The lowest BCUT2D eigenvalue weighted by Crippen LogP contribution is -2.36. The Morgan fingerprint density at radius 3 is 2.65 bits per heavy atom. The molecule has 0 aliphatic heterocycles. The van der Waals surface area contributed by atoms with Gasteiger partial charge >= 0.3 is 0 Å². The van der Waals surface area contributed by atoms with Gasteiger partial charge in [-0.25, -0.2) is 4.98 Å². The van der Waals surface area contributed by atoms with E-state index in [1.54, 1.807) is 18.5 Å². The van der Waals surface area contributed by atoms with Crippen molar-refractivity contribution in [2.75, 3.05) is 5.32 Å². The highest BCUT2D eigenvalue weighted by Crippen LogP contribution is 2.17. The van der Waals surface area contributed by atoms with Crippen molar-refractivity contribution in [2.45, 2.75) is 44.7 Å². The van der Waals surface area contributed by atoms with Crippen LogP contribution in [0.2, 0.25) is 0 Å². The summed E-state index contributed by atoms with van der Waals surface area (Å²) in [6.45, 7) is 0.635. The van der Waals surface area contributed by atoms with Gasteiger partial charge in [0.2, 0.25) is 0 Å². The monoisotopic (exact) mass is 310 g/mol. The molecule has 23 heavy (non-hydrogen) atoms. The van der Waals surface area contributed by atoms with Crippen LogP contribution in [0.4, 0.5) is 5.69 Å². The molecule has 1 aliphatic rings. The van der Waals surface area contributed by atoms with Gasteiger partial charge in [0.05, 0.1) is 24.1 Å². The SMILES string of the molecule is O=C(NC1CCCCC1)c1ccc(NCc2ccccn2)cn1. The van der Waals surface area contributed by atoms with E-state index < -0.39 is 0 Å². The molecule has 5 heteroatoms. The van der Waals surface area contributed by atoms with E-state index in [0.29, 0.717) is 18.3 Å². The largest absolute Gasteiger partial charge is 0.378 e. The molecule has 120 valence electrons. The van der Waals surface area contributed by atoms with Gasteiger partial charge in [-0.3, -0.25) is 9.78 Å². The molecule has 1 amide bonds. The van der Waals surface area contributed by atoms with Crippen molar-refractivity contribution in [3.05, 3.63) is 54.1 Å². The van der Waals surface area contributed by atoms with Gasteiger partial charge in [0, 0.05) is 12.2 Å². The lowest BCUT2D eigenvalue weighted by Gasteiger charge is -2.22. The molecule has 1 aliphatic carbocycles. The molecule has 0 saturated heterocycles. The fourth-order valence-electron chi connectivity index (χ4n) is 2.83. The molecule has 2 heterocycles. The number of nitrogens with one attached hydrogen (secondary N) is 2. The third-order valence-electron chi connectivity index (χ3n) is 4.14. The molecule has 0 bridgehead atoms. The van der Waals surface area contributed by atoms with Crippen LogP contribution in [0.3, 0.4) is 0 Å². The van der Waals surface area contributed by atoms with Crippen molar-refractivity contribution < 1.29 is 4.79 Å². The lowest BCUT2D eigenvalue weighted by molar-refractivity contribution is 0.0922. The van der Waals surface area contributed by atoms with Gasteiger partial charge in [0.25, 0.3) is 5.91 Å². The first-order chi connectivity index (χ1) is 11.3. The van der Waals surface area contributed by atoms with E-state index in [1.165, 1.54) is 19.3 Å². The summed E-state index contributed by atoms with van der Waals surface area (Å²) in [5.41, 5.74) is 2.32. The first kappa shape index (κ1) is 15.5. The van der Waals surface area contributed by atoms with Crippen molar-refractivity contribution in [3.63, 3.8) is 0 Å². The van der Waals surface area contributed by atoms with Crippen molar-refractivity contribution in [1.82, 2.24) is 15.3 Å². The molecule has 1 saturated carbocycles. The Morgan fingerprint density at radius 1 is 1.09 bits per heavy atom. The van der Waals surface area contributed by atoms with Crippen LogP contribution in [0.25, 0.3) is 0 Å². The van der Waals surface area contributed by atoms with E-state index in [4.69, 9.17) is 0 Å². The van der Waals surface area contributed by atoms with Gasteiger partial charge < -0.3 is 10.6 Å². The summed E-state index contributed by atoms with van der Waals surface area (Å²) in [5, 5.41) is 6.33. The van der Waals surface area contributed by atoms with Gasteiger partial charge in [-0.1, -0.05) is 25.3 Å². The second kappa shape index (κ2) is 7.72. The van der Waals surface area contributed by atoms with Crippen LogP contribution in [0.5, 0.6) is 0 Å². The molecule has 2 N–H and O–H groups in total. The number of amides is 1. The minimum Gasteiger partial charge on any atom is -0.378 e. The summed E-state index contributed by atoms with van der Waals surface area (Å²) in [4.78, 5) is 20.7. The van der Waals surface area contributed by atoms with Crippen LogP contribution in [0, 0.1) is 0 Å². The summed E-state index contributed by atoms with van der Waals surface area (Å²) < 4.78 is 0. The Kier molecular flexibility index (Phi) is 5.19. The van der Waals surface area contributed by atoms with Crippen LogP contribution < -0.4 is 10.6 Å². The second-order valence-electron chi connectivity index (χ2n) is 5.92. The summed E-state index contributed by atoms with van der Waals surface area (Å²) in [5.74, 6) is -0.0758. The molecule has 0 atom stereocenters. The van der Waals surface area contributed by atoms with Crippen molar-refractivity contribution in [1.29, 1.82) is 0 Å². The Balaban J connectivity index is 1.52. The number of carbonyl (C=O) groups excluding carboxylic acids is 1. The Morgan fingerprint density at radius 2 is 1.96 bits per heavy atom. The predicted molar refractivity (Wildman–Crippen MR) is 90.1 cm³/mol. The first-order valence-electron chi connectivity index (χ1n) is 8.22. The minimum absolute atomic E-state index is 0.0758. The Hall–Kier alpha value is -2.43. The maximum atomic E-state index is 12.2. The van der Waals surface area contributed by atoms with Gasteiger partial charge in [-0.05, 0) is 37.1 Å². The standard InChI is InChI=1S/C18H22N4O/c23-18(22-14-6-2-1-3-7-14)17-10-9-16(13-21-17)20-12-15-8-4-5-11-19-15/h4-5,8-11,13-14,20H,1-3,6-7,12H2,(H,22,23). The molecule has 5 nitrogen and oxygen atoms in total. The highest BCUT2D eigenvalue weighted by molar-refractivity contribution is 5.92. The first-order valence-corrected chi connectivity index (χ1v) is 8.22. The smallest absolute Gasteiger partial charge is 0.270 e. The molecule has 0 spiro atoms. The van der Waals surface area contributed by atoms with Crippen LogP contribution in [0.1, 0.15) is 48.3 Å². The molecule has 0 unspecified atom stereocenters. The number of carbonyl (C=O) groups is 1. The van der Waals surface area contributed by atoms with Crippen molar-refractivity contribution >= 4 is 11.6 Å². The highest BCUT2D eigenvalue weighted by Gasteiger charge is 2.17. The van der Waals surface area contributed by atoms with Crippen LogP contribution in [0.15, 0.2) is 42.7 Å². The quantitative estimate of drug-likeness (QED) is 0.890. The predicted octanol–water partition coefficient (Wildman–Crippen LogP) is 3.15. The molecule has 0 radical (unpaired) electrons. The summed E-state index contributed by atoms with van der Waals surface area (Å²) in [6, 6.07) is 9.77. The Bertz CT molecular complexity index is 621. The number of hydrogen-bond acceptors (Lipinski definition) is 4. The normalized spacial score (nSPS) is 15.1. The zero-order valence-corrected chi connectivity index (χ0v) is 13.2. The molecular weight excluding hydrogens is 288 g/mol. The zero-order chi connectivity index (χ0) is 15.9. The van der Waals surface area contributed by atoms with Gasteiger partial charge in [0.15, 0.2) is 0 Å². The molecule has 1 fully saturated rings. The average molecular weight is 310 g/mol. The molecular formula is C18H22N4O. The zero-order valence-electron chi connectivity index (χ0n) is 13.2. The van der Waals surface area contributed by atoms with Crippen molar-refractivity contribution in [2.24, 2.45) is 0 Å². The average Bonchev–Trinajstić information content (AvgIpc) is 2.62. The molecule has 2 aromatic heterocycles. The Labute approximate surface area is 136 Å². The third kappa shape index (κ3) is 4.52. The van der Waals surface area contributed by atoms with Crippen molar-refractivity contribution in [3.8, 4) is 0 Å². The fourth-order valence-corrected chi connectivity index (χ4v) is 2.83. The minimum atomic E-state index is -0.0758. The lowest BCUT2D eigenvalue weighted by atomic mass is 9.95. The highest BCUT2D eigenvalue weighted by atomic mass is 16.1. The van der Waals surface area contributed by atoms with E-state index in [2.05, 4.69) is 20.6 Å². The van der Waals surface area contributed by atoms with E-state index in [-0.39, 0.29) is 5.91 Å². The maximum Gasteiger partial charge on any atom is 0.270 e. The molecule has 3 rings (SSSR count). The van der Waals surface area contributed by atoms with Gasteiger partial charge in [-0.2, -0.15) is 0 Å². The van der Waals surface area contributed by atoms with E-state index >= 15 is 0 Å². The van der Waals surface area contributed by atoms with Crippen LogP contribution >= 0.6 is 0 Å². The number of pyridine rings is 2. The number of aromatic nitrogens is 2. The number of hydrogen-bond donors (Lipinski definition) is 2. The number of nitrogens with zero attached hydrogens (tertiary/aromatic N) is 2. The van der Waals surface area contributed by atoms with Gasteiger partial charge in [0.1, 0.15) is 5.69 Å². The van der Waals surface area contributed by atoms with Crippen LogP contribution in [-0.4, -0.2) is 21.9 Å². The number of anilines is 1. The molecule has 2 aromatic rings. The van der Waals surface area contributed by atoms with E-state index in [9.17, 15) is 4.79 Å². The number of rotatable bonds is 5.